The first-order valence-electron chi connectivity index (χ1n) is 13.4. The van der Waals surface area contributed by atoms with Gasteiger partial charge in [-0.25, -0.2) is 9.80 Å². The van der Waals surface area contributed by atoms with Crippen molar-refractivity contribution in [3.63, 3.8) is 0 Å². The monoisotopic (exact) mass is 528 g/mol. The van der Waals surface area contributed by atoms with E-state index in [2.05, 4.69) is 20.4 Å². The number of nitrogens with zero attached hydrogens (tertiary/aromatic N) is 4. The highest BCUT2D eigenvalue weighted by atomic mass is 16.5. The van der Waals surface area contributed by atoms with Crippen LogP contribution in [-0.2, 0) is 28.7 Å². The molecule has 4 heterocycles. The number of nitrogens with one attached hydrogen (secondary N) is 2. The fraction of sp³-hybridized carbons (Fsp3) is 0.615. The average Bonchev–Trinajstić information content (AvgIpc) is 3.38. The van der Waals surface area contributed by atoms with Crippen LogP contribution in [-0.4, -0.2) is 124 Å². The number of ether oxygens (including phenoxy) is 2. The van der Waals surface area contributed by atoms with Crippen molar-refractivity contribution in [1.29, 1.82) is 0 Å². The summed E-state index contributed by atoms with van der Waals surface area (Å²) < 4.78 is 10.7. The zero-order valence-corrected chi connectivity index (χ0v) is 21.6. The van der Waals surface area contributed by atoms with Gasteiger partial charge in [0.05, 0.1) is 62.7 Å². The van der Waals surface area contributed by atoms with Crippen LogP contribution in [0.15, 0.2) is 24.3 Å². The normalized spacial score (nSPS) is 25.7. The lowest BCUT2D eigenvalue weighted by atomic mass is 10.2. The lowest BCUT2D eigenvalue weighted by molar-refractivity contribution is -0.123. The standard InChI is InChI=1S/C26H36N6O6/c33-23-17-21(27-5-7-29-9-13-37-14-10-29)25(35)31(23)19-1-2-20(4-3-19)32-24(34)18-22(26(32)36)28-6-8-30-11-15-38-16-12-30/h1-4,21-22,27-28H,5-18H2/t21-,22-/m0/s1. The van der Waals surface area contributed by atoms with E-state index in [-0.39, 0.29) is 36.5 Å². The van der Waals surface area contributed by atoms with Crippen molar-refractivity contribution in [2.75, 3.05) is 88.6 Å². The van der Waals surface area contributed by atoms with Crippen molar-refractivity contribution in [2.24, 2.45) is 0 Å². The molecule has 38 heavy (non-hydrogen) atoms. The van der Waals surface area contributed by atoms with Crippen LogP contribution in [0, 0.1) is 0 Å². The Morgan fingerprint density at radius 2 is 1.00 bits per heavy atom. The summed E-state index contributed by atoms with van der Waals surface area (Å²) in [7, 11) is 0. The van der Waals surface area contributed by atoms with Gasteiger partial charge in [-0.15, -0.1) is 0 Å². The minimum absolute atomic E-state index is 0.102. The first-order valence-corrected chi connectivity index (χ1v) is 13.4. The molecule has 0 bridgehead atoms. The van der Waals surface area contributed by atoms with Crippen molar-refractivity contribution >= 4 is 35.0 Å². The van der Waals surface area contributed by atoms with Gasteiger partial charge in [0.1, 0.15) is 0 Å². The number of hydrogen-bond donors (Lipinski definition) is 2. The molecule has 12 heteroatoms. The van der Waals surface area contributed by atoms with Gasteiger partial charge in [-0.1, -0.05) is 0 Å². The third-order valence-electron chi connectivity index (χ3n) is 7.50. The van der Waals surface area contributed by atoms with Crippen LogP contribution in [0.2, 0.25) is 0 Å². The molecule has 2 N–H and O–H groups in total. The summed E-state index contributed by atoms with van der Waals surface area (Å²) in [5.74, 6) is -1.13. The van der Waals surface area contributed by atoms with Gasteiger partial charge in [-0.2, -0.15) is 0 Å². The number of imide groups is 2. The minimum Gasteiger partial charge on any atom is -0.379 e. The van der Waals surface area contributed by atoms with Crippen molar-refractivity contribution in [3.05, 3.63) is 24.3 Å². The van der Waals surface area contributed by atoms with Gasteiger partial charge in [0.2, 0.25) is 11.8 Å². The first-order chi connectivity index (χ1) is 18.5. The van der Waals surface area contributed by atoms with E-state index in [1.807, 2.05) is 0 Å². The predicted molar refractivity (Wildman–Crippen MR) is 139 cm³/mol. The quantitative estimate of drug-likeness (QED) is 0.358. The number of amides is 4. The molecule has 4 aliphatic heterocycles. The number of carbonyl (C=O) groups excluding carboxylic acids is 4. The number of hydrogen-bond acceptors (Lipinski definition) is 10. The molecule has 1 aromatic rings. The molecule has 4 amide bonds. The Bertz CT molecular complexity index is 943. The number of benzene rings is 1. The van der Waals surface area contributed by atoms with Gasteiger partial charge in [-0.3, -0.25) is 29.0 Å². The molecule has 0 saturated carbocycles. The molecule has 0 spiro atoms. The molecule has 2 atom stereocenters. The highest BCUT2D eigenvalue weighted by Crippen LogP contribution is 2.28. The van der Waals surface area contributed by atoms with Crippen LogP contribution in [0.25, 0.3) is 0 Å². The number of morpholine rings is 2. The fourth-order valence-electron chi connectivity index (χ4n) is 5.32. The first kappa shape index (κ1) is 26.9. The number of rotatable bonds is 10. The van der Waals surface area contributed by atoms with Gasteiger partial charge in [0.25, 0.3) is 11.8 Å². The van der Waals surface area contributed by atoms with E-state index in [0.717, 1.165) is 39.3 Å². The Kier molecular flexibility index (Phi) is 8.77. The molecule has 206 valence electrons. The molecule has 0 radical (unpaired) electrons. The zero-order valence-electron chi connectivity index (χ0n) is 21.6. The zero-order chi connectivity index (χ0) is 26.5. The molecule has 0 aliphatic carbocycles. The molecule has 12 nitrogen and oxygen atoms in total. The SMILES string of the molecule is O=C1C[C@H](NCCN2CCOCC2)C(=O)N1c1ccc(N2C(=O)C[C@H](NCCN3CCOCC3)C2=O)cc1. The van der Waals surface area contributed by atoms with Crippen molar-refractivity contribution in [3.8, 4) is 0 Å². The van der Waals surface area contributed by atoms with Crippen LogP contribution in [0.3, 0.4) is 0 Å². The average molecular weight is 529 g/mol. The molecule has 4 aliphatic rings. The summed E-state index contributed by atoms with van der Waals surface area (Å²) in [5.41, 5.74) is 0.862. The summed E-state index contributed by atoms with van der Waals surface area (Å²) in [6.45, 7) is 9.11. The maximum atomic E-state index is 13.0. The predicted octanol–water partition coefficient (Wildman–Crippen LogP) is -1.21. The maximum absolute atomic E-state index is 13.0. The van der Waals surface area contributed by atoms with E-state index in [9.17, 15) is 19.2 Å². The summed E-state index contributed by atoms with van der Waals surface area (Å²) in [6, 6.07) is 5.33. The summed E-state index contributed by atoms with van der Waals surface area (Å²) in [5, 5.41) is 6.42. The van der Waals surface area contributed by atoms with Crippen LogP contribution < -0.4 is 20.4 Å². The number of anilines is 2. The molecular formula is C26H36N6O6. The second kappa shape index (κ2) is 12.4. The van der Waals surface area contributed by atoms with Crippen LogP contribution in [0.4, 0.5) is 11.4 Å². The molecule has 5 rings (SSSR count). The highest BCUT2D eigenvalue weighted by molar-refractivity contribution is 6.24. The largest absolute Gasteiger partial charge is 0.379 e. The number of carbonyl (C=O) groups is 4. The lowest BCUT2D eigenvalue weighted by Gasteiger charge is -2.27. The molecule has 4 fully saturated rings. The Labute approximate surface area is 222 Å². The Morgan fingerprint density at radius 3 is 1.37 bits per heavy atom. The van der Waals surface area contributed by atoms with E-state index in [0.29, 0.717) is 50.9 Å². The second-order valence-corrected chi connectivity index (χ2v) is 9.98. The highest BCUT2D eigenvalue weighted by Gasteiger charge is 2.41. The van der Waals surface area contributed by atoms with Gasteiger partial charge in [-0.05, 0) is 24.3 Å². The van der Waals surface area contributed by atoms with E-state index in [4.69, 9.17) is 9.47 Å². The summed E-state index contributed by atoms with van der Waals surface area (Å²) in [6.07, 6.45) is 0.204. The van der Waals surface area contributed by atoms with Gasteiger partial charge >= 0.3 is 0 Å². The third-order valence-corrected chi connectivity index (χ3v) is 7.50. The Balaban J connectivity index is 1.13. The van der Waals surface area contributed by atoms with Crippen LogP contribution in [0.1, 0.15) is 12.8 Å². The third kappa shape index (κ3) is 6.11. The minimum atomic E-state index is -0.561. The molecule has 0 unspecified atom stereocenters. The van der Waals surface area contributed by atoms with Crippen molar-refractivity contribution in [1.82, 2.24) is 20.4 Å². The van der Waals surface area contributed by atoms with Gasteiger partial charge < -0.3 is 20.1 Å². The molecule has 4 saturated heterocycles. The Morgan fingerprint density at radius 1 is 0.632 bits per heavy atom. The van der Waals surface area contributed by atoms with E-state index >= 15 is 0 Å². The van der Waals surface area contributed by atoms with Crippen LogP contribution in [0.5, 0.6) is 0 Å². The molecule has 0 aromatic heterocycles. The Hall–Kier alpha value is -2.74. The van der Waals surface area contributed by atoms with Crippen LogP contribution >= 0.6 is 0 Å². The van der Waals surface area contributed by atoms with Gasteiger partial charge in [0, 0.05) is 52.4 Å². The lowest BCUT2D eigenvalue weighted by Crippen LogP contribution is -2.44. The fourth-order valence-corrected chi connectivity index (χ4v) is 5.32. The van der Waals surface area contributed by atoms with Crippen molar-refractivity contribution < 1.29 is 28.7 Å². The van der Waals surface area contributed by atoms with E-state index < -0.39 is 12.1 Å². The maximum Gasteiger partial charge on any atom is 0.251 e. The van der Waals surface area contributed by atoms with E-state index in [1.165, 1.54) is 9.80 Å². The van der Waals surface area contributed by atoms with Crippen molar-refractivity contribution in [2.45, 2.75) is 24.9 Å². The topological polar surface area (TPSA) is 124 Å². The molecule has 1 aromatic carbocycles. The van der Waals surface area contributed by atoms with Gasteiger partial charge in [0.15, 0.2) is 0 Å². The summed E-state index contributed by atoms with van der Waals surface area (Å²) >= 11 is 0. The molecular weight excluding hydrogens is 492 g/mol. The smallest absolute Gasteiger partial charge is 0.251 e. The second-order valence-electron chi connectivity index (χ2n) is 9.98. The summed E-state index contributed by atoms with van der Waals surface area (Å²) in [4.78, 5) is 58.2. The van der Waals surface area contributed by atoms with E-state index in [1.54, 1.807) is 24.3 Å².